The minimum Gasteiger partial charge on any atom is -0.351 e. The minimum atomic E-state index is -0.427. The van der Waals surface area contributed by atoms with E-state index in [1.807, 2.05) is 58.0 Å². The summed E-state index contributed by atoms with van der Waals surface area (Å²) in [5, 5.41) is 6.98. The van der Waals surface area contributed by atoms with Gasteiger partial charge in [-0.3, -0.25) is 4.79 Å². The number of hydrogen-bond acceptors (Lipinski definition) is 3. The van der Waals surface area contributed by atoms with Crippen LogP contribution in [0.1, 0.15) is 61.8 Å². The molecule has 2 aromatic rings. The third kappa shape index (κ3) is 3.32. The van der Waals surface area contributed by atoms with Gasteiger partial charge >= 0.3 is 0 Å². The lowest BCUT2D eigenvalue weighted by Crippen LogP contribution is -2.42. The van der Waals surface area contributed by atoms with Crippen molar-refractivity contribution in [3.05, 3.63) is 53.4 Å². The molecule has 0 aliphatic rings. The van der Waals surface area contributed by atoms with Gasteiger partial charge in [-0.05, 0) is 24.8 Å². The second-order valence-corrected chi connectivity index (χ2v) is 5.78. The zero-order chi connectivity index (χ0) is 15.5. The fourth-order valence-corrected chi connectivity index (χ4v) is 2.15. The highest BCUT2D eigenvalue weighted by molar-refractivity contribution is 5.92. The smallest absolute Gasteiger partial charge is 0.290 e. The maximum Gasteiger partial charge on any atom is 0.290 e. The van der Waals surface area contributed by atoms with Crippen LogP contribution in [0.15, 0.2) is 40.9 Å². The maximum atomic E-state index is 12.4. The Hall–Kier alpha value is -2.10. The quantitative estimate of drug-likeness (QED) is 0.908. The summed E-state index contributed by atoms with van der Waals surface area (Å²) in [5.74, 6) is 0.263. The molecule has 4 nitrogen and oxygen atoms in total. The van der Waals surface area contributed by atoms with E-state index in [4.69, 9.17) is 4.52 Å². The molecular formula is C17H22N2O2. The van der Waals surface area contributed by atoms with E-state index in [-0.39, 0.29) is 17.6 Å². The average molecular weight is 286 g/mol. The summed E-state index contributed by atoms with van der Waals surface area (Å²) in [7, 11) is 0. The summed E-state index contributed by atoms with van der Waals surface area (Å²) in [5.41, 5.74) is 1.44. The minimum absolute atomic E-state index is 0.234. The highest BCUT2D eigenvalue weighted by Crippen LogP contribution is 2.25. The standard InChI is InChI=1S/C17H22N2O2/c1-5-17(4,13-9-7-6-8-10-13)18-16(20)15-11-14(12(2)3)19-21-15/h6-12H,5H2,1-4H3,(H,18,20). The topological polar surface area (TPSA) is 55.1 Å². The van der Waals surface area contributed by atoms with Crippen LogP contribution in [-0.2, 0) is 5.54 Å². The zero-order valence-electron chi connectivity index (χ0n) is 13.0. The van der Waals surface area contributed by atoms with E-state index in [2.05, 4.69) is 10.5 Å². The first-order chi connectivity index (χ1) is 9.96. The monoisotopic (exact) mass is 286 g/mol. The second kappa shape index (κ2) is 6.12. The first-order valence-electron chi connectivity index (χ1n) is 7.31. The van der Waals surface area contributed by atoms with Gasteiger partial charge in [-0.1, -0.05) is 56.3 Å². The molecule has 21 heavy (non-hydrogen) atoms. The first kappa shape index (κ1) is 15.3. The summed E-state index contributed by atoms with van der Waals surface area (Å²) in [6.07, 6.45) is 0.786. The lowest BCUT2D eigenvalue weighted by molar-refractivity contribution is 0.0864. The van der Waals surface area contributed by atoms with E-state index in [1.54, 1.807) is 6.07 Å². The van der Waals surface area contributed by atoms with Crippen LogP contribution in [0.25, 0.3) is 0 Å². The molecule has 0 aliphatic heterocycles. The molecule has 0 saturated heterocycles. The van der Waals surface area contributed by atoms with E-state index in [9.17, 15) is 4.79 Å². The number of nitrogens with one attached hydrogen (secondary N) is 1. The average Bonchev–Trinajstić information content (AvgIpc) is 2.98. The molecular weight excluding hydrogens is 264 g/mol. The SMILES string of the molecule is CCC(C)(NC(=O)c1cc(C(C)C)no1)c1ccccc1. The molecule has 4 heteroatoms. The number of benzene rings is 1. The number of rotatable bonds is 5. The summed E-state index contributed by atoms with van der Waals surface area (Å²) in [6.45, 7) is 8.09. The lowest BCUT2D eigenvalue weighted by atomic mass is 9.89. The molecule has 0 fully saturated rings. The van der Waals surface area contributed by atoms with Crippen molar-refractivity contribution >= 4 is 5.91 Å². The number of nitrogens with zero attached hydrogens (tertiary/aromatic N) is 1. The van der Waals surface area contributed by atoms with E-state index in [1.165, 1.54) is 0 Å². The molecule has 112 valence electrons. The van der Waals surface area contributed by atoms with Crippen LogP contribution in [0.3, 0.4) is 0 Å². The Labute approximate surface area is 125 Å². The normalized spacial score (nSPS) is 14.0. The number of carbonyl (C=O) groups is 1. The third-order valence-corrected chi connectivity index (χ3v) is 3.85. The molecule has 1 heterocycles. The van der Waals surface area contributed by atoms with Gasteiger partial charge in [0.15, 0.2) is 0 Å². The highest BCUT2D eigenvalue weighted by Gasteiger charge is 2.28. The van der Waals surface area contributed by atoms with Crippen LogP contribution in [0.4, 0.5) is 0 Å². The molecule has 1 aromatic heterocycles. The second-order valence-electron chi connectivity index (χ2n) is 5.78. The third-order valence-electron chi connectivity index (χ3n) is 3.85. The van der Waals surface area contributed by atoms with Crippen LogP contribution in [0.5, 0.6) is 0 Å². The molecule has 0 bridgehead atoms. The Morgan fingerprint density at radius 3 is 2.52 bits per heavy atom. The summed E-state index contributed by atoms with van der Waals surface area (Å²) in [6, 6.07) is 11.7. The fraction of sp³-hybridized carbons (Fsp3) is 0.412. The molecule has 2 rings (SSSR count). The van der Waals surface area contributed by atoms with Crippen molar-refractivity contribution in [1.82, 2.24) is 10.5 Å². The predicted octanol–water partition coefficient (Wildman–Crippen LogP) is 3.85. The van der Waals surface area contributed by atoms with Gasteiger partial charge in [0.2, 0.25) is 5.76 Å². The van der Waals surface area contributed by atoms with E-state index in [0.29, 0.717) is 0 Å². The van der Waals surface area contributed by atoms with Gasteiger partial charge in [-0.15, -0.1) is 0 Å². The van der Waals surface area contributed by atoms with Crippen molar-refractivity contribution in [3.8, 4) is 0 Å². The molecule has 1 amide bonds. The number of aromatic nitrogens is 1. The molecule has 1 N–H and O–H groups in total. The molecule has 0 aliphatic carbocycles. The van der Waals surface area contributed by atoms with Gasteiger partial charge in [0.1, 0.15) is 0 Å². The van der Waals surface area contributed by atoms with E-state index >= 15 is 0 Å². The molecule has 1 aromatic carbocycles. The van der Waals surface area contributed by atoms with Crippen molar-refractivity contribution in [2.75, 3.05) is 0 Å². The van der Waals surface area contributed by atoms with E-state index < -0.39 is 5.54 Å². The molecule has 0 spiro atoms. The molecule has 0 saturated carbocycles. The molecule has 1 unspecified atom stereocenters. The van der Waals surface area contributed by atoms with Crippen molar-refractivity contribution < 1.29 is 9.32 Å². The van der Waals surface area contributed by atoms with Crippen molar-refractivity contribution in [3.63, 3.8) is 0 Å². The van der Waals surface area contributed by atoms with Gasteiger partial charge < -0.3 is 9.84 Å². The Morgan fingerprint density at radius 1 is 1.33 bits per heavy atom. The summed E-state index contributed by atoms with van der Waals surface area (Å²) >= 11 is 0. The number of carbonyl (C=O) groups excluding carboxylic acids is 1. The van der Waals surface area contributed by atoms with Gasteiger partial charge in [0.25, 0.3) is 5.91 Å². The van der Waals surface area contributed by atoms with Crippen LogP contribution in [0, 0.1) is 0 Å². The van der Waals surface area contributed by atoms with Gasteiger partial charge in [-0.2, -0.15) is 0 Å². The maximum absolute atomic E-state index is 12.4. The molecule has 0 radical (unpaired) electrons. The van der Waals surface area contributed by atoms with Gasteiger partial charge in [-0.25, -0.2) is 0 Å². The van der Waals surface area contributed by atoms with E-state index in [0.717, 1.165) is 17.7 Å². The predicted molar refractivity (Wildman–Crippen MR) is 82.1 cm³/mol. The first-order valence-corrected chi connectivity index (χ1v) is 7.31. The van der Waals surface area contributed by atoms with Crippen LogP contribution >= 0.6 is 0 Å². The zero-order valence-corrected chi connectivity index (χ0v) is 13.0. The molecule has 1 atom stereocenters. The van der Waals surface area contributed by atoms with Crippen LogP contribution in [0.2, 0.25) is 0 Å². The summed E-state index contributed by atoms with van der Waals surface area (Å²) < 4.78 is 5.15. The van der Waals surface area contributed by atoms with Crippen molar-refractivity contribution in [1.29, 1.82) is 0 Å². The van der Waals surface area contributed by atoms with Gasteiger partial charge in [0, 0.05) is 6.07 Å². The summed E-state index contributed by atoms with van der Waals surface area (Å²) in [4.78, 5) is 12.4. The largest absolute Gasteiger partial charge is 0.351 e. The lowest BCUT2D eigenvalue weighted by Gasteiger charge is -2.29. The number of amides is 1. The van der Waals surface area contributed by atoms with Crippen molar-refractivity contribution in [2.24, 2.45) is 0 Å². The van der Waals surface area contributed by atoms with Gasteiger partial charge in [0.05, 0.1) is 11.2 Å². The Kier molecular flexibility index (Phi) is 4.46. The van der Waals surface area contributed by atoms with Crippen molar-refractivity contribution in [2.45, 2.75) is 45.6 Å². The fourth-order valence-electron chi connectivity index (χ4n) is 2.15. The Morgan fingerprint density at radius 2 is 2.00 bits per heavy atom. The Balaban J connectivity index is 2.19. The Bertz CT molecular complexity index is 604. The van der Waals surface area contributed by atoms with Crippen LogP contribution in [-0.4, -0.2) is 11.1 Å². The van der Waals surface area contributed by atoms with Crippen LogP contribution < -0.4 is 5.32 Å². The number of hydrogen-bond donors (Lipinski definition) is 1. The highest BCUT2D eigenvalue weighted by atomic mass is 16.5.